The largest absolute Gasteiger partial charge is 0.481 e. The third-order valence-electron chi connectivity index (χ3n) is 2.88. The van der Waals surface area contributed by atoms with Gasteiger partial charge in [0.1, 0.15) is 0 Å². The second-order valence-corrected chi connectivity index (χ2v) is 4.67. The molecule has 0 saturated heterocycles. The molecule has 0 aliphatic heterocycles. The molecule has 1 unspecified atom stereocenters. The second kappa shape index (κ2) is 8.24. The van der Waals surface area contributed by atoms with Crippen molar-refractivity contribution in [1.29, 1.82) is 0 Å². The Bertz CT molecular complexity index is 406. The molecule has 0 aromatic carbocycles. The lowest BCUT2D eigenvalue weighted by Gasteiger charge is -2.10. The van der Waals surface area contributed by atoms with Crippen LogP contribution in [0.2, 0.25) is 0 Å². The van der Waals surface area contributed by atoms with Gasteiger partial charge in [0, 0.05) is 24.9 Å². The summed E-state index contributed by atoms with van der Waals surface area (Å²) >= 11 is 0. The van der Waals surface area contributed by atoms with E-state index < -0.39 is 5.97 Å². The van der Waals surface area contributed by atoms with Crippen molar-refractivity contribution in [3.63, 3.8) is 0 Å². The Balaban J connectivity index is 2.15. The van der Waals surface area contributed by atoms with E-state index in [2.05, 4.69) is 10.3 Å². The molecule has 0 aliphatic carbocycles. The van der Waals surface area contributed by atoms with E-state index in [1.165, 1.54) is 0 Å². The normalized spacial score (nSPS) is 11.8. The van der Waals surface area contributed by atoms with E-state index in [1.54, 1.807) is 6.20 Å². The molecule has 0 aliphatic rings. The van der Waals surface area contributed by atoms with E-state index in [0.717, 1.165) is 12.1 Å². The molecule has 19 heavy (non-hydrogen) atoms. The molecular formula is C14H20N2O3. The van der Waals surface area contributed by atoms with Gasteiger partial charge in [0.15, 0.2) is 0 Å². The molecule has 1 aromatic heterocycles. The van der Waals surface area contributed by atoms with Gasteiger partial charge in [-0.3, -0.25) is 14.6 Å². The lowest BCUT2D eigenvalue weighted by molar-refractivity contribution is -0.137. The van der Waals surface area contributed by atoms with E-state index in [4.69, 9.17) is 5.11 Å². The fourth-order valence-electron chi connectivity index (χ4n) is 1.70. The number of nitrogens with one attached hydrogen (secondary N) is 1. The van der Waals surface area contributed by atoms with Crippen molar-refractivity contribution >= 4 is 11.9 Å². The molecular weight excluding hydrogens is 244 g/mol. The molecule has 0 saturated carbocycles. The maximum atomic E-state index is 11.6. The topological polar surface area (TPSA) is 79.3 Å². The Morgan fingerprint density at radius 2 is 2.16 bits per heavy atom. The van der Waals surface area contributed by atoms with Gasteiger partial charge < -0.3 is 10.4 Å². The summed E-state index contributed by atoms with van der Waals surface area (Å²) in [6, 6.07) is 5.48. The molecule has 1 heterocycles. The number of aromatic nitrogens is 1. The van der Waals surface area contributed by atoms with Crippen molar-refractivity contribution in [2.45, 2.75) is 32.6 Å². The Labute approximate surface area is 113 Å². The zero-order chi connectivity index (χ0) is 14.1. The summed E-state index contributed by atoms with van der Waals surface area (Å²) < 4.78 is 0. The fraction of sp³-hybridized carbons (Fsp3) is 0.500. The maximum absolute atomic E-state index is 11.6. The summed E-state index contributed by atoms with van der Waals surface area (Å²) in [6.07, 6.45) is 3.57. The maximum Gasteiger partial charge on any atom is 0.303 e. The number of carboxylic acids is 1. The zero-order valence-electron chi connectivity index (χ0n) is 11.1. The molecule has 0 spiro atoms. The molecule has 1 aromatic rings. The summed E-state index contributed by atoms with van der Waals surface area (Å²) in [5.74, 6) is -0.526. The van der Waals surface area contributed by atoms with Crippen molar-refractivity contribution in [3.8, 4) is 0 Å². The predicted molar refractivity (Wildman–Crippen MR) is 71.6 cm³/mol. The molecule has 1 atom stereocenters. The highest BCUT2D eigenvalue weighted by Gasteiger charge is 2.07. The lowest BCUT2D eigenvalue weighted by atomic mass is 10.0. The molecule has 0 radical (unpaired) electrons. The van der Waals surface area contributed by atoms with Gasteiger partial charge in [-0.1, -0.05) is 13.0 Å². The molecule has 5 nitrogen and oxygen atoms in total. The van der Waals surface area contributed by atoms with Gasteiger partial charge in [-0.05, 0) is 30.9 Å². The Hall–Kier alpha value is -1.91. The Kier molecular flexibility index (Phi) is 6.57. The highest BCUT2D eigenvalue weighted by atomic mass is 16.4. The average molecular weight is 264 g/mol. The minimum absolute atomic E-state index is 0.0517. The summed E-state index contributed by atoms with van der Waals surface area (Å²) in [6.45, 7) is 2.57. The molecule has 1 amide bonds. The Morgan fingerprint density at radius 3 is 2.79 bits per heavy atom. The molecule has 5 heteroatoms. The van der Waals surface area contributed by atoms with Gasteiger partial charge in [0.2, 0.25) is 5.91 Å². The molecule has 0 bridgehead atoms. The summed E-state index contributed by atoms with van der Waals surface area (Å²) in [5, 5.41) is 11.4. The van der Waals surface area contributed by atoms with Crippen LogP contribution in [-0.2, 0) is 16.0 Å². The van der Waals surface area contributed by atoms with Crippen molar-refractivity contribution < 1.29 is 14.7 Å². The summed E-state index contributed by atoms with van der Waals surface area (Å²) in [5.41, 5.74) is 0.749. The summed E-state index contributed by atoms with van der Waals surface area (Å²) in [7, 11) is 0. The average Bonchev–Trinajstić information content (AvgIpc) is 2.37. The second-order valence-electron chi connectivity index (χ2n) is 4.67. The van der Waals surface area contributed by atoms with Crippen LogP contribution in [0.25, 0.3) is 0 Å². The number of nitrogens with zero attached hydrogens (tertiary/aromatic N) is 1. The Morgan fingerprint density at radius 1 is 1.37 bits per heavy atom. The van der Waals surface area contributed by atoms with Crippen LogP contribution in [0.3, 0.4) is 0 Å². The van der Waals surface area contributed by atoms with Crippen LogP contribution >= 0.6 is 0 Å². The van der Waals surface area contributed by atoms with Crippen LogP contribution < -0.4 is 5.32 Å². The number of carbonyl (C=O) groups is 2. The van der Waals surface area contributed by atoms with Crippen LogP contribution in [0.4, 0.5) is 0 Å². The number of rotatable bonds is 8. The first-order valence-electron chi connectivity index (χ1n) is 6.46. The van der Waals surface area contributed by atoms with Gasteiger partial charge in [0.25, 0.3) is 0 Å². The first-order chi connectivity index (χ1) is 9.08. The lowest BCUT2D eigenvalue weighted by Crippen LogP contribution is -2.27. The minimum Gasteiger partial charge on any atom is -0.481 e. The smallest absolute Gasteiger partial charge is 0.303 e. The highest BCUT2D eigenvalue weighted by Crippen LogP contribution is 2.09. The number of aliphatic carboxylic acids is 1. The van der Waals surface area contributed by atoms with Crippen molar-refractivity contribution in [3.05, 3.63) is 30.1 Å². The number of hydrogen-bond donors (Lipinski definition) is 2. The van der Waals surface area contributed by atoms with Crippen molar-refractivity contribution in [2.24, 2.45) is 5.92 Å². The van der Waals surface area contributed by atoms with E-state index in [-0.39, 0.29) is 18.7 Å². The standard InChI is InChI=1S/C14H20N2O3/c1-11(5-6-14(18)19)7-9-16-13(17)10-12-4-2-3-8-15-12/h2-4,8,11H,5-7,9-10H2,1H3,(H,16,17)(H,18,19). The number of pyridine rings is 1. The van der Waals surface area contributed by atoms with Crippen molar-refractivity contribution in [1.82, 2.24) is 10.3 Å². The van der Waals surface area contributed by atoms with Gasteiger partial charge in [0.05, 0.1) is 6.42 Å². The third kappa shape index (κ3) is 7.18. The summed E-state index contributed by atoms with van der Waals surface area (Å²) in [4.78, 5) is 26.1. The van der Waals surface area contributed by atoms with Crippen LogP contribution in [0.15, 0.2) is 24.4 Å². The van der Waals surface area contributed by atoms with Gasteiger partial charge in [-0.25, -0.2) is 0 Å². The quantitative estimate of drug-likeness (QED) is 0.748. The van der Waals surface area contributed by atoms with Gasteiger partial charge in [-0.15, -0.1) is 0 Å². The van der Waals surface area contributed by atoms with Gasteiger partial charge in [-0.2, -0.15) is 0 Å². The molecule has 2 N–H and O–H groups in total. The predicted octanol–water partition coefficient (Wildman–Crippen LogP) is 1.63. The number of carbonyl (C=O) groups excluding carboxylic acids is 1. The highest BCUT2D eigenvalue weighted by molar-refractivity contribution is 5.78. The van der Waals surface area contributed by atoms with Crippen LogP contribution in [0.1, 0.15) is 31.9 Å². The fourth-order valence-corrected chi connectivity index (χ4v) is 1.70. The van der Waals surface area contributed by atoms with Crippen LogP contribution in [-0.4, -0.2) is 28.5 Å². The van der Waals surface area contributed by atoms with Crippen LogP contribution in [0.5, 0.6) is 0 Å². The minimum atomic E-state index is -0.772. The zero-order valence-corrected chi connectivity index (χ0v) is 11.1. The third-order valence-corrected chi connectivity index (χ3v) is 2.88. The SMILES string of the molecule is CC(CCNC(=O)Cc1ccccn1)CCC(=O)O. The molecule has 104 valence electrons. The first kappa shape index (κ1) is 15.1. The van der Waals surface area contributed by atoms with E-state index in [9.17, 15) is 9.59 Å². The van der Waals surface area contributed by atoms with Crippen LogP contribution in [0, 0.1) is 5.92 Å². The molecule has 0 fully saturated rings. The van der Waals surface area contributed by atoms with Gasteiger partial charge >= 0.3 is 5.97 Å². The first-order valence-corrected chi connectivity index (χ1v) is 6.46. The van der Waals surface area contributed by atoms with E-state index in [1.807, 2.05) is 25.1 Å². The monoisotopic (exact) mass is 264 g/mol. The van der Waals surface area contributed by atoms with E-state index >= 15 is 0 Å². The molecule has 1 rings (SSSR count). The number of hydrogen-bond acceptors (Lipinski definition) is 3. The van der Waals surface area contributed by atoms with E-state index in [0.29, 0.717) is 18.9 Å². The number of carboxylic acid groups (broad SMARTS) is 1. The van der Waals surface area contributed by atoms with Crippen molar-refractivity contribution in [2.75, 3.05) is 6.54 Å². The number of amides is 1.